The third-order valence-electron chi connectivity index (χ3n) is 3.33. The average molecular weight is 422 g/mol. The Morgan fingerprint density at radius 3 is 2.57 bits per heavy atom. The van der Waals surface area contributed by atoms with E-state index < -0.39 is 16.6 Å². The summed E-state index contributed by atoms with van der Waals surface area (Å²) in [5, 5.41) is 6.10. The van der Waals surface area contributed by atoms with E-state index in [4.69, 9.17) is 4.74 Å². The summed E-state index contributed by atoms with van der Waals surface area (Å²) in [6.45, 7) is 2.47. The normalized spacial score (nSPS) is 12.1. The van der Waals surface area contributed by atoms with Crippen molar-refractivity contribution in [3.05, 3.63) is 23.8 Å². The number of sulfonamides is 1. The number of alkyl halides is 2. The van der Waals surface area contributed by atoms with E-state index in [1.54, 1.807) is 25.1 Å². The molecule has 0 saturated carbocycles. The lowest BCUT2D eigenvalue weighted by Gasteiger charge is -2.15. The van der Waals surface area contributed by atoms with E-state index in [1.165, 1.54) is 0 Å². The maximum atomic E-state index is 12.8. The van der Waals surface area contributed by atoms with Gasteiger partial charge in [0, 0.05) is 25.2 Å². The van der Waals surface area contributed by atoms with Gasteiger partial charge in [-0.15, -0.1) is 0 Å². The molecular formula is C17H28F2N4O4S. The smallest absolute Gasteiger partial charge is 0.387 e. The molecule has 0 bridgehead atoms. The molecule has 3 N–H and O–H groups in total. The van der Waals surface area contributed by atoms with E-state index in [-0.39, 0.29) is 18.0 Å². The van der Waals surface area contributed by atoms with Crippen LogP contribution in [0.4, 0.5) is 8.78 Å². The molecule has 0 aliphatic carbocycles. The van der Waals surface area contributed by atoms with E-state index in [9.17, 15) is 17.2 Å². The number of guanidine groups is 1. The van der Waals surface area contributed by atoms with Gasteiger partial charge in [0.25, 0.3) is 0 Å². The summed E-state index contributed by atoms with van der Waals surface area (Å²) in [5.74, 6) is 0.684. The van der Waals surface area contributed by atoms with Crippen LogP contribution in [-0.4, -0.2) is 53.5 Å². The Kier molecular flexibility index (Phi) is 10.5. The molecule has 11 heteroatoms. The zero-order chi connectivity index (χ0) is 21.0. The van der Waals surface area contributed by atoms with Crippen LogP contribution in [0.1, 0.15) is 25.8 Å². The molecule has 0 aliphatic heterocycles. The van der Waals surface area contributed by atoms with Crippen LogP contribution < -0.4 is 24.8 Å². The topological polar surface area (TPSA) is 101 Å². The Hall–Kier alpha value is -2.14. The van der Waals surface area contributed by atoms with Gasteiger partial charge in [0.15, 0.2) is 17.5 Å². The monoisotopic (exact) mass is 422 g/mol. The highest BCUT2D eigenvalue weighted by atomic mass is 32.2. The van der Waals surface area contributed by atoms with Crippen molar-refractivity contribution >= 4 is 16.0 Å². The predicted molar refractivity (Wildman–Crippen MR) is 105 cm³/mol. The number of ether oxygens (including phenoxy) is 2. The summed E-state index contributed by atoms with van der Waals surface area (Å²) in [4.78, 5) is 4.37. The maximum Gasteiger partial charge on any atom is 0.387 e. The number of nitrogens with one attached hydrogen (secondary N) is 3. The molecular weight excluding hydrogens is 394 g/mol. The Morgan fingerprint density at radius 1 is 1.21 bits per heavy atom. The summed E-state index contributed by atoms with van der Waals surface area (Å²) >= 11 is 0. The van der Waals surface area contributed by atoms with Crippen LogP contribution in [0, 0.1) is 0 Å². The van der Waals surface area contributed by atoms with Gasteiger partial charge < -0.3 is 20.1 Å². The zero-order valence-corrected chi connectivity index (χ0v) is 17.1. The molecule has 8 nitrogen and oxygen atoms in total. The molecule has 0 aromatic heterocycles. The van der Waals surface area contributed by atoms with Gasteiger partial charge in [-0.1, -0.05) is 12.1 Å². The predicted octanol–water partition coefficient (Wildman–Crippen LogP) is 1.68. The molecule has 1 aromatic rings. The second-order valence-electron chi connectivity index (χ2n) is 5.70. The van der Waals surface area contributed by atoms with E-state index in [2.05, 4.69) is 25.1 Å². The first kappa shape index (κ1) is 23.9. The summed E-state index contributed by atoms with van der Waals surface area (Å²) in [6, 6.07) is 4.89. The van der Waals surface area contributed by atoms with Crippen LogP contribution in [0.5, 0.6) is 11.5 Å². The van der Waals surface area contributed by atoms with Gasteiger partial charge in [-0.3, -0.25) is 0 Å². The van der Waals surface area contributed by atoms with E-state index in [1.807, 2.05) is 6.92 Å². The van der Waals surface area contributed by atoms with Crippen LogP contribution >= 0.6 is 0 Å². The highest BCUT2D eigenvalue weighted by Gasteiger charge is 2.15. The molecule has 0 saturated heterocycles. The lowest BCUT2D eigenvalue weighted by atomic mass is 10.2. The Balaban J connectivity index is 2.78. The lowest BCUT2D eigenvalue weighted by Crippen LogP contribution is -2.38. The number of para-hydroxylation sites is 1. The lowest BCUT2D eigenvalue weighted by molar-refractivity contribution is -0.0520. The van der Waals surface area contributed by atoms with Gasteiger partial charge in [0.1, 0.15) is 0 Å². The minimum atomic E-state index is -3.22. The second-order valence-corrected chi connectivity index (χ2v) is 7.53. The number of hydrogen-bond donors (Lipinski definition) is 3. The molecule has 28 heavy (non-hydrogen) atoms. The average Bonchev–Trinajstić information content (AvgIpc) is 2.60. The van der Waals surface area contributed by atoms with Crippen LogP contribution in [0.25, 0.3) is 0 Å². The highest BCUT2D eigenvalue weighted by Crippen LogP contribution is 2.33. The first-order chi connectivity index (χ1) is 13.3. The first-order valence-electron chi connectivity index (χ1n) is 8.93. The summed E-state index contributed by atoms with van der Waals surface area (Å²) < 4.78 is 60.0. The number of halogens is 2. The molecule has 0 fully saturated rings. The van der Waals surface area contributed by atoms with Gasteiger partial charge in [-0.05, 0) is 26.3 Å². The van der Waals surface area contributed by atoms with Crippen molar-refractivity contribution in [2.75, 3.05) is 32.5 Å². The molecule has 1 aromatic carbocycles. The van der Waals surface area contributed by atoms with Gasteiger partial charge in [0.2, 0.25) is 10.0 Å². The van der Waals surface area contributed by atoms with Crippen molar-refractivity contribution in [2.45, 2.75) is 33.4 Å². The zero-order valence-electron chi connectivity index (χ0n) is 16.3. The van der Waals surface area contributed by atoms with Crippen LogP contribution in [0.3, 0.4) is 0 Å². The molecule has 0 atom stereocenters. The minimum Gasteiger partial charge on any atom is -0.490 e. The van der Waals surface area contributed by atoms with Crippen molar-refractivity contribution in [1.82, 2.24) is 15.4 Å². The molecule has 160 valence electrons. The molecule has 0 unspecified atom stereocenters. The highest BCUT2D eigenvalue weighted by molar-refractivity contribution is 7.88. The summed E-state index contributed by atoms with van der Waals surface area (Å²) in [5.41, 5.74) is 0.460. The van der Waals surface area contributed by atoms with Crippen molar-refractivity contribution in [2.24, 2.45) is 4.99 Å². The standard InChI is InChI=1S/C17H28F2N4O4S/c1-4-20-17(21-10-7-11-23-28(3,24)25)22-12-13-8-6-9-14(26-5-2)15(13)27-16(18)19/h6,8-9,16,23H,4-5,7,10-12H2,1-3H3,(H2,20,21,22). The Morgan fingerprint density at radius 2 is 1.96 bits per heavy atom. The molecule has 0 heterocycles. The van der Waals surface area contributed by atoms with Gasteiger partial charge in [-0.25, -0.2) is 18.1 Å². The molecule has 0 spiro atoms. The quantitative estimate of drug-likeness (QED) is 0.269. The Bertz CT molecular complexity index is 730. The number of aliphatic imine (C=N–C) groups is 1. The minimum absolute atomic E-state index is 0.0312. The number of rotatable bonds is 12. The van der Waals surface area contributed by atoms with E-state index in [0.29, 0.717) is 44.2 Å². The van der Waals surface area contributed by atoms with Crippen molar-refractivity contribution < 1.29 is 26.7 Å². The first-order valence-corrected chi connectivity index (χ1v) is 10.8. The molecule has 0 amide bonds. The second kappa shape index (κ2) is 12.3. The maximum absolute atomic E-state index is 12.8. The fourth-order valence-electron chi connectivity index (χ4n) is 2.24. The third kappa shape index (κ3) is 9.70. The van der Waals surface area contributed by atoms with E-state index >= 15 is 0 Å². The van der Waals surface area contributed by atoms with Gasteiger partial charge >= 0.3 is 6.61 Å². The van der Waals surface area contributed by atoms with Crippen LogP contribution in [0.15, 0.2) is 23.2 Å². The number of hydrogen-bond acceptors (Lipinski definition) is 5. The largest absolute Gasteiger partial charge is 0.490 e. The number of benzene rings is 1. The molecule has 0 radical (unpaired) electrons. The molecule has 0 aliphatic rings. The van der Waals surface area contributed by atoms with Crippen molar-refractivity contribution in [1.29, 1.82) is 0 Å². The molecule has 1 rings (SSSR count). The van der Waals surface area contributed by atoms with Crippen molar-refractivity contribution in [3.8, 4) is 11.5 Å². The third-order valence-corrected chi connectivity index (χ3v) is 4.06. The van der Waals surface area contributed by atoms with E-state index in [0.717, 1.165) is 6.26 Å². The summed E-state index contributed by atoms with van der Waals surface area (Å²) in [6.07, 6.45) is 1.65. The fourth-order valence-corrected chi connectivity index (χ4v) is 2.75. The summed E-state index contributed by atoms with van der Waals surface area (Å²) in [7, 11) is -3.22. The number of nitrogens with zero attached hydrogens (tertiary/aromatic N) is 1. The van der Waals surface area contributed by atoms with Crippen molar-refractivity contribution in [3.63, 3.8) is 0 Å². The fraction of sp³-hybridized carbons (Fsp3) is 0.588. The van der Waals surface area contributed by atoms with Crippen LogP contribution in [-0.2, 0) is 16.6 Å². The van der Waals surface area contributed by atoms with Crippen LogP contribution in [0.2, 0.25) is 0 Å². The Labute approximate surface area is 164 Å². The van der Waals surface area contributed by atoms with Gasteiger partial charge in [-0.2, -0.15) is 8.78 Å². The van der Waals surface area contributed by atoms with Gasteiger partial charge in [0.05, 0.1) is 19.4 Å². The SMILES string of the molecule is CCNC(=NCc1cccc(OCC)c1OC(F)F)NCCCNS(C)(=O)=O.